The maximum Gasteiger partial charge on any atom is 0.151 e. The molecule has 0 amide bonds. The molecule has 0 bridgehead atoms. The highest BCUT2D eigenvalue weighted by molar-refractivity contribution is 6.29. The van der Waals surface area contributed by atoms with E-state index in [1.807, 2.05) is 20.8 Å². The molecule has 0 aromatic carbocycles. The molecule has 0 atom stereocenters. The number of aromatic nitrogens is 2. The van der Waals surface area contributed by atoms with Crippen molar-refractivity contribution in [1.29, 1.82) is 0 Å². The molecule has 0 aliphatic carbocycles. The topological polar surface area (TPSA) is 35.0 Å². The second kappa shape index (κ2) is 4.03. The summed E-state index contributed by atoms with van der Waals surface area (Å²) >= 11 is 5.59. The van der Waals surface area contributed by atoms with Crippen LogP contribution in [0.2, 0.25) is 5.15 Å². The summed E-state index contributed by atoms with van der Waals surface area (Å²) in [7, 11) is 0. The lowest BCUT2D eigenvalue weighted by Crippen LogP contribution is -2.19. The van der Waals surface area contributed by atoms with E-state index in [0.29, 0.717) is 11.8 Å². The molecule has 0 spiro atoms. The highest BCUT2D eigenvalue weighted by Crippen LogP contribution is 2.10. The molecule has 1 heterocycles. The van der Waals surface area contributed by atoms with E-state index in [2.05, 4.69) is 10.2 Å². The molecule has 0 aliphatic rings. The van der Waals surface area contributed by atoms with Crippen LogP contribution < -0.4 is 0 Å². The van der Waals surface area contributed by atoms with Crippen LogP contribution in [-0.4, -0.2) is 15.8 Å². The largest absolute Gasteiger partial charge is 0.370 e. The van der Waals surface area contributed by atoms with E-state index in [1.165, 1.54) is 0 Å². The minimum atomic E-state index is -0.151. The fourth-order valence-electron chi connectivity index (χ4n) is 0.711. The van der Waals surface area contributed by atoms with Gasteiger partial charge < -0.3 is 4.74 Å². The molecular formula is C9H13ClN2O. The van der Waals surface area contributed by atoms with Crippen molar-refractivity contribution in [2.24, 2.45) is 0 Å². The lowest BCUT2D eigenvalue weighted by molar-refractivity contribution is -0.0167. The number of rotatable bonds is 2. The maximum absolute atomic E-state index is 5.59. The van der Waals surface area contributed by atoms with Crippen LogP contribution in [0.15, 0.2) is 12.1 Å². The van der Waals surface area contributed by atoms with Crippen LogP contribution in [0.25, 0.3) is 0 Å². The molecule has 0 radical (unpaired) electrons. The predicted octanol–water partition coefficient (Wildman–Crippen LogP) is 2.45. The molecular weight excluding hydrogens is 188 g/mol. The average molecular weight is 201 g/mol. The summed E-state index contributed by atoms with van der Waals surface area (Å²) in [6.07, 6.45) is 0. The van der Waals surface area contributed by atoms with Crippen LogP contribution in [0.4, 0.5) is 0 Å². The number of halogens is 1. The third-order valence-electron chi connectivity index (χ3n) is 1.34. The summed E-state index contributed by atoms with van der Waals surface area (Å²) in [5, 5.41) is 7.99. The Hall–Kier alpha value is -0.670. The van der Waals surface area contributed by atoms with E-state index in [4.69, 9.17) is 16.3 Å². The van der Waals surface area contributed by atoms with Gasteiger partial charge in [0.1, 0.15) is 0 Å². The van der Waals surface area contributed by atoms with Crippen molar-refractivity contribution < 1.29 is 4.74 Å². The molecule has 1 aromatic rings. The number of ether oxygens (including phenoxy) is 1. The molecule has 3 nitrogen and oxygen atoms in total. The zero-order valence-electron chi connectivity index (χ0n) is 8.04. The van der Waals surface area contributed by atoms with Gasteiger partial charge in [-0.2, -0.15) is 5.10 Å². The SMILES string of the molecule is CC(C)(C)OCc1ccc(Cl)nn1. The van der Waals surface area contributed by atoms with Gasteiger partial charge in [0.2, 0.25) is 0 Å². The normalized spacial score (nSPS) is 11.7. The minimum Gasteiger partial charge on any atom is -0.370 e. The molecule has 1 aromatic heterocycles. The molecule has 0 unspecified atom stereocenters. The predicted molar refractivity (Wildman–Crippen MR) is 51.6 cm³/mol. The molecule has 0 saturated heterocycles. The Morgan fingerprint density at radius 1 is 1.31 bits per heavy atom. The highest BCUT2D eigenvalue weighted by atomic mass is 35.5. The van der Waals surface area contributed by atoms with Crippen molar-refractivity contribution in [1.82, 2.24) is 10.2 Å². The van der Waals surface area contributed by atoms with Crippen molar-refractivity contribution in [3.8, 4) is 0 Å². The van der Waals surface area contributed by atoms with Gasteiger partial charge in [0.05, 0.1) is 17.9 Å². The Bertz CT molecular complexity index is 266. The van der Waals surface area contributed by atoms with Gasteiger partial charge in [-0.3, -0.25) is 0 Å². The maximum atomic E-state index is 5.59. The van der Waals surface area contributed by atoms with Crippen LogP contribution in [-0.2, 0) is 11.3 Å². The second-order valence-corrected chi connectivity index (χ2v) is 4.14. The third-order valence-corrected chi connectivity index (χ3v) is 1.54. The summed E-state index contributed by atoms with van der Waals surface area (Å²) in [5.41, 5.74) is 0.640. The van der Waals surface area contributed by atoms with Crippen LogP contribution in [0.1, 0.15) is 26.5 Å². The Morgan fingerprint density at radius 2 is 2.00 bits per heavy atom. The quantitative estimate of drug-likeness (QED) is 0.736. The standard InChI is InChI=1S/C9H13ClN2O/c1-9(2,3)13-6-7-4-5-8(10)12-11-7/h4-5H,6H2,1-3H3. The fourth-order valence-corrected chi connectivity index (χ4v) is 0.812. The smallest absolute Gasteiger partial charge is 0.151 e. The van der Waals surface area contributed by atoms with Gasteiger partial charge in [-0.25, -0.2) is 0 Å². The van der Waals surface area contributed by atoms with Crippen LogP contribution in [0.3, 0.4) is 0 Å². The van der Waals surface area contributed by atoms with Crippen molar-refractivity contribution >= 4 is 11.6 Å². The third kappa shape index (κ3) is 4.20. The molecule has 4 heteroatoms. The lowest BCUT2D eigenvalue weighted by atomic mass is 10.2. The molecule has 72 valence electrons. The van der Waals surface area contributed by atoms with Gasteiger partial charge in [-0.15, -0.1) is 5.10 Å². The van der Waals surface area contributed by atoms with Crippen molar-refractivity contribution in [2.75, 3.05) is 0 Å². The van der Waals surface area contributed by atoms with E-state index in [9.17, 15) is 0 Å². The number of nitrogens with zero attached hydrogens (tertiary/aromatic N) is 2. The van der Waals surface area contributed by atoms with Crippen LogP contribution in [0.5, 0.6) is 0 Å². The zero-order valence-corrected chi connectivity index (χ0v) is 8.80. The van der Waals surface area contributed by atoms with E-state index in [-0.39, 0.29) is 5.60 Å². The molecule has 0 saturated carbocycles. The van der Waals surface area contributed by atoms with E-state index >= 15 is 0 Å². The van der Waals surface area contributed by atoms with Crippen LogP contribution >= 0.6 is 11.6 Å². The highest BCUT2D eigenvalue weighted by Gasteiger charge is 2.10. The molecule has 1 rings (SSSR count). The first-order chi connectivity index (χ1) is 5.97. The Balaban J connectivity index is 2.51. The number of hydrogen-bond acceptors (Lipinski definition) is 3. The Labute approximate surface area is 83.1 Å². The van der Waals surface area contributed by atoms with E-state index in [0.717, 1.165) is 5.69 Å². The molecule has 13 heavy (non-hydrogen) atoms. The van der Waals surface area contributed by atoms with Crippen molar-refractivity contribution in [2.45, 2.75) is 33.0 Å². The average Bonchev–Trinajstić information content (AvgIpc) is 2.02. The van der Waals surface area contributed by atoms with Crippen molar-refractivity contribution in [3.05, 3.63) is 23.0 Å². The molecule has 0 aliphatic heterocycles. The van der Waals surface area contributed by atoms with Gasteiger partial charge in [0.15, 0.2) is 5.15 Å². The molecule has 0 N–H and O–H groups in total. The van der Waals surface area contributed by atoms with Crippen LogP contribution in [0, 0.1) is 0 Å². The first kappa shape index (κ1) is 10.4. The first-order valence-electron chi connectivity index (χ1n) is 4.09. The Kier molecular flexibility index (Phi) is 3.22. The zero-order chi connectivity index (χ0) is 9.90. The van der Waals surface area contributed by atoms with Gasteiger partial charge in [-0.05, 0) is 32.9 Å². The Morgan fingerprint density at radius 3 is 2.46 bits per heavy atom. The summed E-state index contributed by atoms with van der Waals surface area (Å²) in [5.74, 6) is 0. The fraction of sp³-hybridized carbons (Fsp3) is 0.556. The lowest BCUT2D eigenvalue weighted by Gasteiger charge is -2.18. The van der Waals surface area contributed by atoms with Gasteiger partial charge in [0, 0.05) is 0 Å². The van der Waals surface area contributed by atoms with E-state index in [1.54, 1.807) is 12.1 Å². The summed E-state index contributed by atoms with van der Waals surface area (Å²) in [4.78, 5) is 0. The van der Waals surface area contributed by atoms with Gasteiger partial charge in [-0.1, -0.05) is 11.6 Å². The van der Waals surface area contributed by atoms with Crippen molar-refractivity contribution in [3.63, 3.8) is 0 Å². The first-order valence-corrected chi connectivity index (χ1v) is 4.47. The van der Waals surface area contributed by atoms with Gasteiger partial charge in [0.25, 0.3) is 0 Å². The van der Waals surface area contributed by atoms with Gasteiger partial charge >= 0.3 is 0 Å². The number of hydrogen-bond donors (Lipinski definition) is 0. The van der Waals surface area contributed by atoms with E-state index < -0.39 is 0 Å². The summed E-state index contributed by atoms with van der Waals surface area (Å²) in [6.45, 7) is 6.46. The minimum absolute atomic E-state index is 0.151. The monoisotopic (exact) mass is 200 g/mol. The summed E-state index contributed by atoms with van der Waals surface area (Å²) in [6, 6.07) is 3.51. The second-order valence-electron chi connectivity index (χ2n) is 3.75. The molecule has 0 fully saturated rings. The summed E-state index contributed by atoms with van der Waals surface area (Å²) < 4.78 is 5.51.